The van der Waals surface area contributed by atoms with E-state index < -0.39 is 0 Å². The van der Waals surface area contributed by atoms with Crippen LogP contribution in [0, 0.1) is 6.92 Å². The van der Waals surface area contributed by atoms with Crippen LogP contribution in [0.5, 0.6) is 0 Å². The second-order valence-electron chi connectivity index (χ2n) is 6.97. The van der Waals surface area contributed by atoms with E-state index in [1.165, 1.54) is 0 Å². The molecule has 0 aromatic carbocycles. The number of nitrogens with one attached hydrogen (secondary N) is 1. The molecule has 2 aromatic heterocycles. The molecule has 1 amide bonds. The summed E-state index contributed by atoms with van der Waals surface area (Å²) in [4.78, 5) is 21.2. The number of hydrogen-bond donors (Lipinski definition) is 1. The smallest absolute Gasteiger partial charge is 0.246 e. The maximum Gasteiger partial charge on any atom is 0.246 e. The molecule has 1 fully saturated rings. The SMILES string of the molecule is COCCCNC(=NCc1nnc(C)n1C)N1CCN(c2cnn(C)c2)C(=O)C1. The minimum atomic E-state index is 0.0187. The van der Waals surface area contributed by atoms with Crippen LogP contribution >= 0.6 is 0 Å². The first kappa shape index (κ1) is 20.8. The Kier molecular flexibility index (Phi) is 6.81. The molecule has 1 saturated heterocycles. The molecule has 29 heavy (non-hydrogen) atoms. The van der Waals surface area contributed by atoms with E-state index in [-0.39, 0.29) is 12.5 Å². The van der Waals surface area contributed by atoms with Crippen LogP contribution in [0.4, 0.5) is 5.69 Å². The van der Waals surface area contributed by atoms with Gasteiger partial charge in [0.15, 0.2) is 11.8 Å². The Hall–Kier alpha value is -2.95. The number of guanidine groups is 1. The first-order chi connectivity index (χ1) is 14.0. The van der Waals surface area contributed by atoms with E-state index in [0.29, 0.717) is 38.7 Å². The van der Waals surface area contributed by atoms with E-state index in [0.717, 1.165) is 23.8 Å². The molecule has 1 N–H and O–H groups in total. The standard InChI is InChI=1S/C18H29N9O2/c1-14-22-23-16(25(14)3)11-20-18(19-6-5-9-29-4)26-7-8-27(17(28)13-26)15-10-21-24(2)12-15/h10,12H,5-9,11,13H2,1-4H3,(H,19,20). The van der Waals surface area contributed by atoms with Gasteiger partial charge in [-0.05, 0) is 13.3 Å². The molecular weight excluding hydrogens is 374 g/mol. The van der Waals surface area contributed by atoms with E-state index in [9.17, 15) is 4.79 Å². The molecule has 158 valence electrons. The van der Waals surface area contributed by atoms with Crippen molar-refractivity contribution in [3.05, 3.63) is 24.0 Å². The lowest BCUT2D eigenvalue weighted by molar-refractivity contribution is -0.120. The summed E-state index contributed by atoms with van der Waals surface area (Å²) in [6.07, 6.45) is 4.41. The number of carbonyl (C=O) groups is 1. The van der Waals surface area contributed by atoms with Crippen molar-refractivity contribution in [3.8, 4) is 0 Å². The molecule has 0 spiro atoms. The Morgan fingerprint density at radius 2 is 2.14 bits per heavy atom. The normalized spacial score (nSPS) is 15.3. The summed E-state index contributed by atoms with van der Waals surface area (Å²) in [6, 6.07) is 0. The van der Waals surface area contributed by atoms with Crippen LogP contribution in [0.15, 0.2) is 17.4 Å². The van der Waals surface area contributed by atoms with E-state index >= 15 is 0 Å². The fraction of sp³-hybridized carbons (Fsp3) is 0.611. The Labute approximate surface area is 170 Å². The number of nitrogens with zero attached hydrogens (tertiary/aromatic N) is 8. The second kappa shape index (κ2) is 9.50. The molecule has 11 nitrogen and oxygen atoms in total. The highest BCUT2D eigenvalue weighted by Crippen LogP contribution is 2.16. The van der Waals surface area contributed by atoms with Gasteiger partial charge in [0.05, 0.1) is 11.9 Å². The average Bonchev–Trinajstić information content (AvgIpc) is 3.27. The number of carbonyl (C=O) groups excluding carboxylic acids is 1. The van der Waals surface area contributed by atoms with Gasteiger partial charge in [-0.1, -0.05) is 0 Å². The van der Waals surface area contributed by atoms with E-state index in [1.807, 2.05) is 36.7 Å². The largest absolute Gasteiger partial charge is 0.385 e. The van der Waals surface area contributed by atoms with Crippen molar-refractivity contribution in [1.82, 2.24) is 34.8 Å². The number of ether oxygens (including phenoxy) is 1. The van der Waals surface area contributed by atoms with Gasteiger partial charge >= 0.3 is 0 Å². The van der Waals surface area contributed by atoms with Gasteiger partial charge in [0, 0.05) is 53.6 Å². The molecule has 0 unspecified atom stereocenters. The number of piperazine rings is 1. The molecule has 1 aliphatic rings. The van der Waals surface area contributed by atoms with Gasteiger partial charge in [-0.25, -0.2) is 4.99 Å². The van der Waals surface area contributed by atoms with Gasteiger partial charge in [-0.2, -0.15) is 5.10 Å². The molecule has 0 saturated carbocycles. The summed E-state index contributed by atoms with van der Waals surface area (Å²) in [5, 5.41) is 15.8. The fourth-order valence-corrected chi connectivity index (χ4v) is 3.09. The molecule has 11 heteroatoms. The number of rotatable bonds is 7. The summed E-state index contributed by atoms with van der Waals surface area (Å²) < 4.78 is 8.73. The van der Waals surface area contributed by atoms with Crippen LogP contribution < -0.4 is 10.2 Å². The Balaban J connectivity index is 1.69. The van der Waals surface area contributed by atoms with Gasteiger partial charge in [0.2, 0.25) is 5.91 Å². The molecule has 0 atom stereocenters. The lowest BCUT2D eigenvalue weighted by Crippen LogP contribution is -2.55. The minimum absolute atomic E-state index is 0.0187. The summed E-state index contributed by atoms with van der Waals surface area (Å²) in [7, 11) is 5.44. The van der Waals surface area contributed by atoms with Gasteiger partial charge < -0.3 is 24.4 Å². The predicted molar refractivity (Wildman–Crippen MR) is 109 cm³/mol. The second-order valence-corrected chi connectivity index (χ2v) is 6.97. The van der Waals surface area contributed by atoms with Crippen molar-refractivity contribution in [1.29, 1.82) is 0 Å². The van der Waals surface area contributed by atoms with Crippen LogP contribution in [-0.4, -0.2) is 81.2 Å². The first-order valence-electron chi connectivity index (χ1n) is 9.65. The molecule has 0 radical (unpaired) electrons. The zero-order chi connectivity index (χ0) is 20.8. The Morgan fingerprint density at radius 1 is 1.31 bits per heavy atom. The monoisotopic (exact) mass is 403 g/mol. The van der Waals surface area contributed by atoms with Crippen LogP contribution in [0.3, 0.4) is 0 Å². The van der Waals surface area contributed by atoms with Crippen molar-refractivity contribution in [3.63, 3.8) is 0 Å². The highest BCUT2D eigenvalue weighted by atomic mass is 16.5. The third-order valence-electron chi connectivity index (χ3n) is 4.88. The minimum Gasteiger partial charge on any atom is -0.385 e. The number of aliphatic imine (C=N–C) groups is 1. The Bertz CT molecular complexity index is 857. The zero-order valence-corrected chi connectivity index (χ0v) is 17.5. The quantitative estimate of drug-likeness (QED) is 0.384. The molecule has 0 bridgehead atoms. The number of aromatic nitrogens is 5. The Morgan fingerprint density at radius 3 is 2.76 bits per heavy atom. The lowest BCUT2D eigenvalue weighted by Gasteiger charge is -2.35. The highest BCUT2D eigenvalue weighted by Gasteiger charge is 2.27. The van der Waals surface area contributed by atoms with Gasteiger partial charge in [0.1, 0.15) is 18.9 Å². The lowest BCUT2D eigenvalue weighted by atomic mass is 10.3. The van der Waals surface area contributed by atoms with E-state index in [2.05, 4.69) is 20.6 Å². The van der Waals surface area contributed by atoms with Gasteiger partial charge in [-0.15, -0.1) is 10.2 Å². The fourth-order valence-electron chi connectivity index (χ4n) is 3.09. The zero-order valence-electron chi connectivity index (χ0n) is 17.5. The van der Waals surface area contributed by atoms with Crippen LogP contribution in [-0.2, 0) is 30.2 Å². The van der Waals surface area contributed by atoms with Crippen LogP contribution in [0.2, 0.25) is 0 Å². The van der Waals surface area contributed by atoms with Crippen molar-refractivity contribution < 1.29 is 9.53 Å². The van der Waals surface area contributed by atoms with Crippen LogP contribution in [0.25, 0.3) is 0 Å². The molecule has 0 aliphatic carbocycles. The molecule has 2 aromatic rings. The third-order valence-corrected chi connectivity index (χ3v) is 4.88. The number of amides is 1. The van der Waals surface area contributed by atoms with Crippen molar-refractivity contribution >= 4 is 17.6 Å². The molecular formula is C18H29N9O2. The number of aryl methyl sites for hydroxylation is 2. The van der Waals surface area contributed by atoms with E-state index in [1.54, 1.807) is 22.9 Å². The van der Waals surface area contributed by atoms with Crippen LogP contribution in [0.1, 0.15) is 18.1 Å². The van der Waals surface area contributed by atoms with Gasteiger partial charge in [-0.3, -0.25) is 9.48 Å². The predicted octanol–water partition coefficient (Wildman–Crippen LogP) is -0.312. The van der Waals surface area contributed by atoms with Crippen molar-refractivity contribution in [2.75, 3.05) is 44.8 Å². The van der Waals surface area contributed by atoms with Crippen molar-refractivity contribution in [2.24, 2.45) is 19.1 Å². The number of anilines is 1. The summed E-state index contributed by atoms with van der Waals surface area (Å²) in [5.74, 6) is 2.33. The van der Waals surface area contributed by atoms with Crippen molar-refractivity contribution in [2.45, 2.75) is 19.9 Å². The summed E-state index contributed by atoms with van der Waals surface area (Å²) in [5.41, 5.74) is 0.818. The average molecular weight is 403 g/mol. The van der Waals surface area contributed by atoms with Gasteiger partial charge in [0.25, 0.3) is 0 Å². The van der Waals surface area contributed by atoms with E-state index in [4.69, 9.17) is 9.73 Å². The number of methoxy groups -OCH3 is 1. The summed E-state index contributed by atoms with van der Waals surface area (Å²) in [6.45, 7) is 5.17. The molecule has 1 aliphatic heterocycles. The molecule has 3 rings (SSSR count). The maximum atomic E-state index is 12.7. The first-order valence-corrected chi connectivity index (χ1v) is 9.65. The topological polar surface area (TPSA) is 106 Å². The highest BCUT2D eigenvalue weighted by molar-refractivity contribution is 5.98. The number of hydrogen-bond acceptors (Lipinski definition) is 6. The third kappa shape index (κ3) is 5.11. The maximum absolute atomic E-state index is 12.7. The summed E-state index contributed by atoms with van der Waals surface area (Å²) >= 11 is 0. The molecule has 3 heterocycles.